The maximum absolute atomic E-state index is 5.53. The second-order valence-corrected chi connectivity index (χ2v) is 3.19. The van der Waals surface area contributed by atoms with Gasteiger partial charge in [-0.3, -0.25) is 15.4 Å². The van der Waals surface area contributed by atoms with Gasteiger partial charge in [-0.05, 0) is 17.7 Å². The molecule has 0 saturated carbocycles. The topological polar surface area (TPSA) is 53.6 Å². The first kappa shape index (κ1) is 9.02. The number of nitrogens with one attached hydrogen (secondary N) is 1. The van der Waals surface area contributed by atoms with Gasteiger partial charge >= 0.3 is 0 Å². The first-order chi connectivity index (χ1) is 6.90. The standard InChI is InChI=1S/C10H14N4/c11-7-9-1-3-10(4-2-9)14-6-5-12-8-13-14/h1-4,8H,5-7,11H2,(H,12,13). The Bertz CT molecular complexity index is 317. The predicted octanol–water partition coefficient (Wildman–Crippen LogP) is 0.498. The van der Waals surface area contributed by atoms with Crippen molar-refractivity contribution in [2.24, 2.45) is 10.7 Å². The molecule has 4 heteroatoms. The average molecular weight is 190 g/mol. The van der Waals surface area contributed by atoms with Crippen LogP contribution in [0.25, 0.3) is 0 Å². The van der Waals surface area contributed by atoms with E-state index in [2.05, 4.69) is 27.6 Å². The van der Waals surface area contributed by atoms with Gasteiger partial charge in [-0.2, -0.15) is 0 Å². The summed E-state index contributed by atoms with van der Waals surface area (Å²) < 4.78 is 0. The minimum atomic E-state index is 0.592. The fraction of sp³-hybridized carbons (Fsp3) is 0.300. The molecule has 0 spiro atoms. The third kappa shape index (κ3) is 1.85. The van der Waals surface area contributed by atoms with E-state index in [1.54, 1.807) is 6.34 Å². The number of benzene rings is 1. The molecule has 1 aromatic rings. The zero-order chi connectivity index (χ0) is 9.80. The Morgan fingerprint density at radius 2 is 2.14 bits per heavy atom. The molecule has 3 N–H and O–H groups in total. The van der Waals surface area contributed by atoms with Crippen LogP contribution in [-0.2, 0) is 6.54 Å². The van der Waals surface area contributed by atoms with E-state index < -0.39 is 0 Å². The van der Waals surface area contributed by atoms with Crippen molar-refractivity contribution >= 4 is 12.0 Å². The van der Waals surface area contributed by atoms with Crippen LogP contribution in [0.1, 0.15) is 5.56 Å². The largest absolute Gasteiger partial charge is 0.326 e. The summed E-state index contributed by atoms with van der Waals surface area (Å²) in [6, 6.07) is 8.22. The summed E-state index contributed by atoms with van der Waals surface area (Å²) in [5, 5.41) is 2.06. The lowest BCUT2D eigenvalue weighted by Crippen LogP contribution is -2.42. The highest BCUT2D eigenvalue weighted by atomic mass is 15.5. The predicted molar refractivity (Wildman–Crippen MR) is 58.2 cm³/mol. The summed E-state index contributed by atoms with van der Waals surface area (Å²) in [5.41, 5.74) is 10.9. The van der Waals surface area contributed by atoms with Gasteiger partial charge in [0.1, 0.15) is 6.34 Å². The average Bonchev–Trinajstić information content (AvgIpc) is 2.30. The third-order valence-electron chi connectivity index (χ3n) is 2.24. The lowest BCUT2D eigenvalue weighted by molar-refractivity contribution is 0.734. The molecule has 0 fully saturated rings. The molecule has 0 radical (unpaired) electrons. The normalized spacial score (nSPS) is 15.4. The molecule has 0 aromatic heterocycles. The van der Waals surface area contributed by atoms with Crippen molar-refractivity contribution in [3.05, 3.63) is 29.8 Å². The highest BCUT2D eigenvalue weighted by Gasteiger charge is 2.06. The summed E-state index contributed by atoms with van der Waals surface area (Å²) in [4.78, 5) is 4.09. The van der Waals surface area contributed by atoms with Gasteiger partial charge in [-0.15, -0.1) is 0 Å². The van der Waals surface area contributed by atoms with E-state index in [-0.39, 0.29) is 0 Å². The molecule has 0 atom stereocenters. The second kappa shape index (κ2) is 4.11. The van der Waals surface area contributed by atoms with Crippen molar-refractivity contribution in [1.29, 1.82) is 0 Å². The minimum Gasteiger partial charge on any atom is -0.326 e. The number of aliphatic imine (C=N–C) groups is 1. The van der Waals surface area contributed by atoms with E-state index in [1.165, 1.54) is 0 Å². The highest BCUT2D eigenvalue weighted by Crippen LogP contribution is 2.13. The SMILES string of the molecule is NCc1ccc(N2CCN=CN2)cc1. The number of anilines is 1. The highest BCUT2D eigenvalue weighted by molar-refractivity contribution is 5.61. The number of rotatable bonds is 2. The van der Waals surface area contributed by atoms with Gasteiger partial charge in [-0.1, -0.05) is 12.1 Å². The van der Waals surface area contributed by atoms with Gasteiger partial charge in [-0.25, -0.2) is 0 Å². The van der Waals surface area contributed by atoms with Crippen molar-refractivity contribution in [2.75, 3.05) is 18.1 Å². The molecule has 1 aliphatic heterocycles. The summed E-state index contributed by atoms with van der Waals surface area (Å²) >= 11 is 0. The Morgan fingerprint density at radius 3 is 2.71 bits per heavy atom. The Balaban J connectivity index is 2.12. The molecule has 4 nitrogen and oxygen atoms in total. The Labute approximate surface area is 83.4 Å². The van der Waals surface area contributed by atoms with E-state index in [0.29, 0.717) is 6.54 Å². The fourth-order valence-electron chi connectivity index (χ4n) is 1.41. The molecule has 0 amide bonds. The van der Waals surface area contributed by atoms with Crippen LogP contribution in [0, 0.1) is 0 Å². The van der Waals surface area contributed by atoms with Gasteiger partial charge < -0.3 is 5.73 Å². The van der Waals surface area contributed by atoms with Gasteiger partial charge in [0.15, 0.2) is 0 Å². The first-order valence-corrected chi connectivity index (χ1v) is 4.71. The molecule has 14 heavy (non-hydrogen) atoms. The number of hydrazine groups is 1. The van der Waals surface area contributed by atoms with Gasteiger partial charge in [0.25, 0.3) is 0 Å². The van der Waals surface area contributed by atoms with Crippen LogP contribution >= 0.6 is 0 Å². The van der Waals surface area contributed by atoms with E-state index >= 15 is 0 Å². The second-order valence-electron chi connectivity index (χ2n) is 3.19. The van der Waals surface area contributed by atoms with Crippen molar-refractivity contribution in [2.45, 2.75) is 6.54 Å². The lowest BCUT2D eigenvalue weighted by Gasteiger charge is -2.26. The van der Waals surface area contributed by atoms with Gasteiger partial charge in [0, 0.05) is 6.54 Å². The smallest absolute Gasteiger partial charge is 0.101 e. The molecule has 74 valence electrons. The maximum atomic E-state index is 5.53. The van der Waals surface area contributed by atoms with Crippen molar-refractivity contribution < 1.29 is 0 Å². The molecule has 2 rings (SSSR count). The molecular formula is C10H14N4. The Hall–Kier alpha value is -1.55. The van der Waals surface area contributed by atoms with Crippen molar-refractivity contribution in [3.8, 4) is 0 Å². The minimum absolute atomic E-state index is 0.592. The Morgan fingerprint density at radius 1 is 1.36 bits per heavy atom. The molecular weight excluding hydrogens is 176 g/mol. The van der Waals surface area contributed by atoms with Crippen LogP contribution in [0.4, 0.5) is 5.69 Å². The third-order valence-corrected chi connectivity index (χ3v) is 2.24. The Kier molecular flexibility index (Phi) is 2.65. The monoisotopic (exact) mass is 190 g/mol. The molecule has 0 bridgehead atoms. The van der Waals surface area contributed by atoms with Crippen LogP contribution in [0.15, 0.2) is 29.3 Å². The summed E-state index contributed by atoms with van der Waals surface area (Å²) in [6.45, 7) is 2.33. The van der Waals surface area contributed by atoms with Crippen LogP contribution in [0.3, 0.4) is 0 Å². The van der Waals surface area contributed by atoms with Crippen molar-refractivity contribution in [3.63, 3.8) is 0 Å². The van der Waals surface area contributed by atoms with Crippen LogP contribution in [0.2, 0.25) is 0 Å². The van der Waals surface area contributed by atoms with Crippen LogP contribution < -0.4 is 16.2 Å². The molecule has 0 saturated heterocycles. The number of hydrogen-bond acceptors (Lipinski definition) is 4. The zero-order valence-corrected chi connectivity index (χ0v) is 7.98. The number of nitrogens with zero attached hydrogens (tertiary/aromatic N) is 2. The molecule has 1 heterocycles. The maximum Gasteiger partial charge on any atom is 0.101 e. The lowest BCUT2D eigenvalue weighted by atomic mass is 10.2. The molecule has 1 aromatic carbocycles. The van der Waals surface area contributed by atoms with E-state index in [0.717, 1.165) is 24.3 Å². The summed E-state index contributed by atoms with van der Waals surface area (Å²) in [5.74, 6) is 0. The van der Waals surface area contributed by atoms with E-state index in [1.807, 2.05) is 12.1 Å². The molecule has 0 aliphatic carbocycles. The number of nitrogens with two attached hydrogens (primary N) is 1. The first-order valence-electron chi connectivity index (χ1n) is 4.71. The van der Waals surface area contributed by atoms with E-state index in [9.17, 15) is 0 Å². The zero-order valence-electron chi connectivity index (χ0n) is 7.98. The molecule has 0 unspecified atom stereocenters. The molecule has 1 aliphatic rings. The van der Waals surface area contributed by atoms with Gasteiger partial charge in [0.2, 0.25) is 0 Å². The van der Waals surface area contributed by atoms with Crippen LogP contribution in [-0.4, -0.2) is 19.4 Å². The van der Waals surface area contributed by atoms with E-state index in [4.69, 9.17) is 5.73 Å². The van der Waals surface area contributed by atoms with Crippen molar-refractivity contribution in [1.82, 2.24) is 5.43 Å². The fourth-order valence-corrected chi connectivity index (χ4v) is 1.41. The quantitative estimate of drug-likeness (QED) is 0.714. The summed E-state index contributed by atoms with van der Waals surface area (Å²) in [6.07, 6.45) is 1.72. The summed E-state index contributed by atoms with van der Waals surface area (Å²) in [7, 11) is 0. The van der Waals surface area contributed by atoms with Gasteiger partial charge in [0.05, 0.1) is 18.8 Å². The van der Waals surface area contributed by atoms with Crippen LogP contribution in [0.5, 0.6) is 0 Å². The number of hydrogen-bond donors (Lipinski definition) is 2.